The molecule has 0 saturated carbocycles. The molecule has 0 aliphatic rings. The van der Waals surface area contributed by atoms with Gasteiger partial charge in [0.25, 0.3) is 0 Å². The molecule has 0 amide bonds. The lowest BCUT2D eigenvalue weighted by atomic mass is 10.2. The van der Waals surface area contributed by atoms with Gasteiger partial charge in [0, 0.05) is 16.7 Å². The maximum atomic E-state index is 12.2. The van der Waals surface area contributed by atoms with E-state index in [1.807, 2.05) is 0 Å². The van der Waals surface area contributed by atoms with Crippen LogP contribution in [0.25, 0.3) is 0 Å². The summed E-state index contributed by atoms with van der Waals surface area (Å²) in [5.41, 5.74) is 1.47. The number of rotatable bonds is 4. The van der Waals surface area contributed by atoms with Crippen LogP contribution in [-0.4, -0.2) is 6.36 Å². The lowest BCUT2D eigenvalue weighted by Crippen LogP contribution is -2.17. The predicted octanol–water partition coefficient (Wildman–Crippen LogP) is 5.61. The number of ether oxygens (including phenoxy) is 1. The second kappa shape index (κ2) is 6.58. The summed E-state index contributed by atoms with van der Waals surface area (Å²) in [7, 11) is 0. The van der Waals surface area contributed by atoms with E-state index in [9.17, 15) is 13.2 Å². The highest BCUT2D eigenvalue weighted by Gasteiger charge is 2.31. The van der Waals surface area contributed by atoms with Crippen LogP contribution in [0.15, 0.2) is 46.9 Å². The summed E-state index contributed by atoms with van der Waals surface area (Å²) in [5, 5.41) is 3.68. The molecule has 0 unspecified atom stereocenters. The molecular weight excluding hydrogens is 371 g/mol. The van der Waals surface area contributed by atoms with E-state index in [0.717, 1.165) is 10.2 Å². The first-order valence-electron chi connectivity index (χ1n) is 5.87. The van der Waals surface area contributed by atoms with E-state index in [2.05, 4.69) is 26.0 Å². The van der Waals surface area contributed by atoms with Gasteiger partial charge in [0.2, 0.25) is 0 Å². The summed E-state index contributed by atoms with van der Waals surface area (Å²) in [6.07, 6.45) is -4.69. The number of hydrogen-bond donors (Lipinski definition) is 1. The SMILES string of the molecule is FC(F)(F)Oc1cccc(CNc2ccc(Cl)c(Br)c2)c1. The third kappa shape index (κ3) is 5.13. The average Bonchev–Trinajstić information content (AvgIpc) is 2.39. The van der Waals surface area contributed by atoms with Crippen molar-refractivity contribution in [2.75, 3.05) is 5.32 Å². The van der Waals surface area contributed by atoms with Gasteiger partial charge in [0.1, 0.15) is 5.75 Å². The van der Waals surface area contributed by atoms with E-state index < -0.39 is 6.36 Å². The Morgan fingerprint density at radius 2 is 1.90 bits per heavy atom. The fourth-order valence-electron chi connectivity index (χ4n) is 1.66. The molecule has 2 rings (SSSR count). The first-order chi connectivity index (χ1) is 9.83. The van der Waals surface area contributed by atoms with Crippen molar-refractivity contribution < 1.29 is 17.9 Å². The quantitative estimate of drug-likeness (QED) is 0.744. The zero-order valence-electron chi connectivity index (χ0n) is 10.5. The second-order valence-electron chi connectivity index (χ2n) is 4.18. The van der Waals surface area contributed by atoms with Gasteiger partial charge in [-0.15, -0.1) is 13.2 Å². The minimum atomic E-state index is -4.69. The Morgan fingerprint density at radius 3 is 2.57 bits per heavy atom. The van der Waals surface area contributed by atoms with Crippen LogP contribution in [0.1, 0.15) is 5.56 Å². The normalized spacial score (nSPS) is 11.3. The van der Waals surface area contributed by atoms with Crippen molar-refractivity contribution in [2.24, 2.45) is 0 Å². The highest BCUT2D eigenvalue weighted by molar-refractivity contribution is 9.10. The zero-order valence-corrected chi connectivity index (χ0v) is 12.9. The molecule has 0 aliphatic carbocycles. The van der Waals surface area contributed by atoms with Crippen LogP contribution < -0.4 is 10.1 Å². The van der Waals surface area contributed by atoms with Crippen molar-refractivity contribution in [1.29, 1.82) is 0 Å². The molecule has 0 radical (unpaired) electrons. The largest absolute Gasteiger partial charge is 0.573 e. The maximum absolute atomic E-state index is 12.2. The lowest BCUT2D eigenvalue weighted by Gasteiger charge is -2.11. The fraction of sp³-hybridized carbons (Fsp3) is 0.143. The Bertz CT molecular complexity index is 634. The standard InChI is InChI=1S/C14H10BrClF3NO/c15-12-7-10(4-5-13(12)16)20-8-9-2-1-3-11(6-9)21-14(17,18)19/h1-7,20H,8H2. The highest BCUT2D eigenvalue weighted by Crippen LogP contribution is 2.26. The topological polar surface area (TPSA) is 21.3 Å². The van der Waals surface area contributed by atoms with Gasteiger partial charge in [0.05, 0.1) is 5.02 Å². The van der Waals surface area contributed by atoms with Crippen LogP contribution in [-0.2, 0) is 6.54 Å². The Morgan fingerprint density at radius 1 is 1.14 bits per heavy atom. The molecule has 0 aromatic heterocycles. The van der Waals surface area contributed by atoms with Crippen molar-refractivity contribution in [3.63, 3.8) is 0 Å². The van der Waals surface area contributed by atoms with Crippen molar-refractivity contribution >= 4 is 33.2 Å². The summed E-state index contributed by atoms with van der Waals surface area (Å²) in [6, 6.07) is 11.1. The number of alkyl halides is 3. The van der Waals surface area contributed by atoms with Crippen LogP contribution in [0.5, 0.6) is 5.75 Å². The van der Waals surface area contributed by atoms with E-state index in [1.54, 1.807) is 24.3 Å². The molecule has 112 valence electrons. The van der Waals surface area contributed by atoms with Crippen molar-refractivity contribution in [2.45, 2.75) is 12.9 Å². The smallest absolute Gasteiger partial charge is 0.406 e. The second-order valence-corrected chi connectivity index (χ2v) is 5.44. The van der Waals surface area contributed by atoms with Crippen LogP contribution in [0.4, 0.5) is 18.9 Å². The molecule has 2 nitrogen and oxygen atoms in total. The minimum Gasteiger partial charge on any atom is -0.406 e. The molecule has 2 aromatic carbocycles. The maximum Gasteiger partial charge on any atom is 0.573 e. The third-order valence-electron chi connectivity index (χ3n) is 2.55. The first-order valence-corrected chi connectivity index (χ1v) is 7.04. The minimum absolute atomic E-state index is 0.237. The summed E-state index contributed by atoms with van der Waals surface area (Å²) in [4.78, 5) is 0. The summed E-state index contributed by atoms with van der Waals surface area (Å²) in [5.74, 6) is -0.237. The summed E-state index contributed by atoms with van der Waals surface area (Å²) in [6.45, 7) is 0.364. The first kappa shape index (κ1) is 16.0. The molecule has 7 heteroatoms. The van der Waals surface area contributed by atoms with Gasteiger partial charge in [-0.05, 0) is 51.8 Å². The number of halogens is 5. The van der Waals surface area contributed by atoms with E-state index in [4.69, 9.17) is 11.6 Å². The number of anilines is 1. The molecule has 21 heavy (non-hydrogen) atoms. The number of nitrogens with one attached hydrogen (secondary N) is 1. The van der Waals surface area contributed by atoms with Crippen molar-refractivity contribution in [3.8, 4) is 5.75 Å². The summed E-state index contributed by atoms with van der Waals surface area (Å²) < 4.78 is 41.1. The molecule has 2 aromatic rings. The highest BCUT2D eigenvalue weighted by atomic mass is 79.9. The molecule has 0 bridgehead atoms. The van der Waals surface area contributed by atoms with Crippen LogP contribution in [0, 0.1) is 0 Å². The summed E-state index contributed by atoms with van der Waals surface area (Å²) >= 11 is 9.18. The average molecular weight is 381 g/mol. The van der Waals surface area contributed by atoms with Crippen molar-refractivity contribution in [1.82, 2.24) is 0 Å². The van der Waals surface area contributed by atoms with Crippen LogP contribution >= 0.6 is 27.5 Å². The van der Waals surface area contributed by atoms with Gasteiger partial charge < -0.3 is 10.1 Å². The van der Waals surface area contributed by atoms with Gasteiger partial charge in [-0.25, -0.2) is 0 Å². The molecule has 0 heterocycles. The Balaban J connectivity index is 2.03. The van der Waals surface area contributed by atoms with Gasteiger partial charge >= 0.3 is 6.36 Å². The molecular formula is C14H10BrClF3NO. The molecule has 0 atom stereocenters. The van der Waals surface area contributed by atoms with Crippen molar-refractivity contribution in [3.05, 3.63) is 57.5 Å². The van der Waals surface area contributed by atoms with Gasteiger partial charge in [0.15, 0.2) is 0 Å². The predicted molar refractivity (Wildman–Crippen MR) is 79.6 cm³/mol. The molecule has 0 aliphatic heterocycles. The number of benzene rings is 2. The van der Waals surface area contributed by atoms with Gasteiger partial charge in [-0.2, -0.15) is 0 Å². The zero-order chi connectivity index (χ0) is 15.5. The molecule has 0 fully saturated rings. The van der Waals surface area contributed by atoms with Gasteiger partial charge in [-0.3, -0.25) is 0 Å². The van der Waals surface area contributed by atoms with E-state index in [-0.39, 0.29) is 5.75 Å². The molecule has 0 saturated heterocycles. The Labute approximate surface area is 133 Å². The number of hydrogen-bond acceptors (Lipinski definition) is 2. The van der Waals surface area contributed by atoms with E-state index in [1.165, 1.54) is 18.2 Å². The Hall–Kier alpha value is -1.40. The molecule has 1 N–H and O–H groups in total. The van der Waals surface area contributed by atoms with E-state index >= 15 is 0 Å². The molecule has 0 spiro atoms. The third-order valence-corrected chi connectivity index (χ3v) is 3.76. The fourth-order valence-corrected chi connectivity index (χ4v) is 2.16. The van der Waals surface area contributed by atoms with Crippen LogP contribution in [0.2, 0.25) is 5.02 Å². The van der Waals surface area contributed by atoms with E-state index in [0.29, 0.717) is 17.1 Å². The Kier molecular flexibility index (Phi) is 5.00. The van der Waals surface area contributed by atoms with Gasteiger partial charge in [-0.1, -0.05) is 23.7 Å². The van der Waals surface area contributed by atoms with Crippen LogP contribution in [0.3, 0.4) is 0 Å². The monoisotopic (exact) mass is 379 g/mol. The lowest BCUT2D eigenvalue weighted by molar-refractivity contribution is -0.274.